The lowest BCUT2D eigenvalue weighted by Gasteiger charge is -2.27. The number of ether oxygens (including phenoxy) is 1. The Morgan fingerprint density at radius 1 is 0.735 bits per heavy atom. The largest absolute Gasteiger partial charge is 0.349 e. The molecule has 2 aliphatic heterocycles. The molecule has 168 valence electrons. The van der Waals surface area contributed by atoms with Gasteiger partial charge in [-0.2, -0.15) is 0 Å². The zero-order valence-electron chi connectivity index (χ0n) is 18.6. The maximum atomic E-state index is 13.9. The van der Waals surface area contributed by atoms with E-state index in [0.29, 0.717) is 11.3 Å². The van der Waals surface area contributed by atoms with Crippen LogP contribution in [0.2, 0.25) is 0 Å². The van der Waals surface area contributed by atoms with Gasteiger partial charge in [0, 0.05) is 11.1 Å². The van der Waals surface area contributed by atoms with E-state index in [1.807, 2.05) is 38.1 Å². The van der Waals surface area contributed by atoms with E-state index in [4.69, 9.17) is 4.74 Å². The van der Waals surface area contributed by atoms with E-state index in [1.165, 1.54) is 0 Å². The van der Waals surface area contributed by atoms with Crippen molar-refractivity contribution in [2.45, 2.75) is 25.6 Å². The van der Waals surface area contributed by atoms with Crippen LogP contribution in [-0.4, -0.2) is 29.0 Å². The molecular formula is C28H21NO5. The van der Waals surface area contributed by atoms with Gasteiger partial charge in [-0.15, -0.1) is 0 Å². The van der Waals surface area contributed by atoms with Gasteiger partial charge in [0.2, 0.25) is 29.0 Å². The van der Waals surface area contributed by atoms with Gasteiger partial charge in [0.05, 0.1) is 23.6 Å². The Morgan fingerprint density at radius 2 is 1.35 bits per heavy atom. The number of amides is 2. The SMILES string of the molecule is Cc1cccc([C@H]2OC3(C(=O)c4ccccc4C3=O)[C@H]3C(=O)N(c4cccc(C)c4)C(=O)[C@@H]23)c1. The number of Topliss-reactive ketones (excluding diaryl/α,β-unsaturated/α-hetero) is 2. The molecule has 0 bridgehead atoms. The molecule has 6 rings (SSSR count). The molecule has 1 spiro atoms. The van der Waals surface area contributed by atoms with E-state index in [2.05, 4.69) is 0 Å². The van der Waals surface area contributed by atoms with Crippen molar-refractivity contribution in [3.8, 4) is 0 Å². The number of fused-ring (bicyclic) bond motifs is 3. The zero-order chi connectivity index (χ0) is 23.8. The average Bonchev–Trinajstić information content (AvgIpc) is 3.39. The number of carbonyl (C=O) groups is 4. The van der Waals surface area contributed by atoms with Gasteiger partial charge >= 0.3 is 0 Å². The molecule has 3 aliphatic rings. The third kappa shape index (κ3) is 2.54. The van der Waals surface area contributed by atoms with Crippen LogP contribution in [0.25, 0.3) is 0 Å². The third-order valence-corrected chi connectivity index (χ3v) is 7.15. The monoisotopic (exact) mass is 451 g/mol. The second kappa shape index (κ2) is 7.05. The Morgan fingerprint density at radius 3 is 1.97 bits per heavy atom. The Balaban J connectivity index is 1.56. The minimum Gasteiger partial charge on any atom is -0.349 e. The Kier molecular flexibility index (Phi) is 4.29. The topological polar surface area (TPSA) is 80.8 Å². The molecule has 34 heavy (non-hydrogen) atoms. The van der Waals surface area contributed by atoms with Crippen LogP contribution in [0.3, 0.4) is 0 Å². The van der Waals surface area contributed by atoms with Gasteiger partial charge in [0.15, 0.2) is 0 Å². The quantitative estimate of drug-likeness (QED) is 0.435. The molecule has 0 unspecified atom stereocenters. The molecule has 6 nitrogen and oxygen atoms in total. The number of hydrogen-bond donors (Lipinski definition) is 0. The van der Waals surface area contributed by atoms with Crippen LogP contribution in [0.5, 0.6) is 0 Å². The summed E-state index contributed by atoms with van der Waals surface area (Å²) in [6.45, 7) is 3.78. The number of carbonyl (C=O) groups excluding carboxylic acids is 4. The number of hydrogen-bond acceptors (Lipinski definition) is 5. The molecule has 2 fully saturated rings. The predicted octanol–water partition coefficient (Wildman–Crippen LogP) is 4.00. The van der Waals surface area contributed by atoms with Crippen LogP contribution in [0.4, 0.5) is 5.69 Å². The van der Waals surface area contributed by atoms with Gasteiger partial charge in [-0.25, -0.2) is 4.90 Å². The number of benzene rings is 3. The summed E-state index contributed by atoms with van der Waals surface area (Å²) < 4.78 is 6.31. The molecule has 6 heteroatoms. The van der Waals surface area contributed by atoms with E-state index < -0.39 is 46.9 Å². The standard InChI is InChI=1S/C28H21NO5/c1-15-7-5-9-17(13-15)23-21-22(27(33)29(26(21)32)18-10-6-8-16(2)14-18)28(34-23)24(30)19-11-3-4-12-20(19)25(28)31/h3-14,21-23H,1-2H3/t21-,22-,23-/m1/s1. The van der Waals surface area contributed by atoms with Crippen molar-refractivity contribution in [1.82, 2.24) is 0 Å². The summed E-state index contributed by atoms with van der Waals surface area (Å²) in [4.78, 5) is 56.3. The number of nitrogens with zero attached hydrogens (tertiary/aromatic N) is 1. The summed E-state index contributed by atoms with van der Waals surface area (Å²) in [5.74, 6) is -4.36. The van der Waals surface area contributed by atoms with Crippen molar-refractivity contribution in [2.24, 2.45) is 11.8 Å². The molecule has 3 atom stereocenters. The van der Waals surface area contributed by atoms with Crippen LogP contribution in [0, 0.1) is 25.7 Å². The Bertz CT molecular complexity index is 1390. The summed E-state index contributed by atoms with van der Waals surface area (Å²) in [5, 5.41) is 0. The van der Waals surface area contributed by atoms with Crippen LogP contribution < -0.4 is 4.90 Å². The second-order valence-electron chi connectivity index (χ2n) is 9.25. The van der Waals surface area contributed by atoms with Crippen LogP contribution in [0.15, 0.2) is 72.8 Å². The fraction of sp³-hybridized carbons (Fsp3) is 0.214. The molecule has 2 amide bonds. The van der Waals surface area contributed by atoms with E-state index in [9.17, 15) is 19.2 Å². The van der Waals surface area contributed by atoms with Crippen LogP contribution in [0.1, 0.15) is 43.5 Å². The highest BCUT2D eigenvalue weighted by molar-refractivity contribution is 6.37. The van der Waals surface area contributed by atoms with E-state index in [0.717, 1.165) is 16.0 Å². The Hall–Kier alpha value is -3.90. The fourth-order valence-corrected chi connectivity index (χ4v) is 5.69. The first-order valence-electron chi connectivity index (χ1n) is 11.2. The minimum absolute atomic E-state index is 0.227. The van der Waals surface area contributed by atoms with Crippen molar-refractivity contribution in [3.63, 3.8) is 0 Å². The fourth-order valence-electron chi connectivity index (χ4n) is 5.69. The molecule has 0 N–H and O–H groups in total. The van der Waals surface area contributed by atoms with Gasteiger partial charge in [-0.1, -0.05) is 66.2 Å². The third-order valence-electron chi connectivity index (χ3n) is 7.15. The van der Waals surface area contributed by atoms with Gasteiger partial charge in [-0.05, 0) is 37.1 Å². The van der Waals surface area contributed by atoms with Gasteiger partial charge < -0.3 is 4.74 Å². The molecular weight excluding hydrogens is 430 g/mol. The molecule has 2 saturated heterocycles. The van der Waals surface area contributed by atoms with Gasteiger partial charge in [0.1, 0.15) is 0 Å². The van der Waals surface area contributed by atoms with Gasteiger partial charge in [-0.3, -0.25) is 19.2 Å². The smallest absolute Gasteiger partial charge is 0.241 e. The number of anilines is 1. The molecule has 0 radical (unpaired) electrons. The highest BCUT2D eigenvalue weighted by atomic mass is 16.5. The number of imide groups is 1. The molecule has 0 saturated carbocycles. The highest BCUT2D eigenvalue weighted by Crippen LogP contribution is 2.57. The first kappa shape index (κ1) is 20.7. The van der Waals surface area contributed by atoms with Crippen molar-refractivity contribution < 1.29 is 23.9 Å². The molecule has 1 aliphatic carbocycles. The number of aryl methyl sites for hydroxylation is 2. The highest BCUT2D eigenvalue weighted by Gasteiger charge is 2.74. The summed E-state index contributed by atoms with van der Waals surface area (Å²) in [6.07, 6.45) is -0.904. The predicted molar refractivity (Wildman–Crippen MR) is 123 cm³/mol. The van der Waals surface area contributed by atoms with Crippen LogP contribution >= 0.6 is 0 Å². The lowest BCUT2D eigenvalue weighted by molar-refractivity contribution is -0.127. The van der Waals surface area contributed by atoms with E-state index in [1.54, 1.807) is 48.5 Å². The normalized spacial score (nSPS) is 24.8. The zero-order valence-corrected chi connectivity index (χ0v) is 18.6. The van der Waals surface area contributed by atoms with Crippen molar-refractivity contribution >= 4 is 29.1 Å². The lowest BCUT2D eigenvalue weighted by atomic mass is 9.77. The maximum Gasteiger partial charge on any atom is 0.241 e. The molecule has 2 heterocycles. The summed E-state index contributed by atoms with van der Waals surface area (Å²) in [5.41, 5.74) is 1.33. The Labute approximate surface area is 196 Å². The van der Waals surface area contributed by atoms with Crippen molar-refractivity contribution in [2.75, 3.05) is 4.90 Å². The van der Waals surface area contributed by atoms with Crippen molar-refractivity contribution in [1.29, 1.82) is 0 Å². The first-order chi connectivity index (χ1) is 16.3. The molecule has 3 aromatic carbocycles. The average molecular weight is 451 g/mol. The van der Waals surface area contributed by atoms with Gasteiger partial charge in [0.25, 0.3) is 0 Å². The maximum absolute atomic E-state index is 13.9. The summed E-state index contributed by atoms with van der Waals surface area (Å²) in [7, 11) is 0. The van der Waals surface area contributed by atoms with E-state index in [-0.39, 0.29) is 11.1 Å². The minimum atomic E-state index is -2.05. The first-order valence-corrected chi connectivity index (χ1v) is 11.2. The van der Waals surface area contributed by atoms with Crippen LogP contribution in [-0.2, 0) is 14.3 Å². The lowest BCUT2D eigenvalue weighted by Crippen LogP contribution is -2.51. The number of rotatable bonds is 2. The molecule has 3 aromatic rings. The second-order valence-corrected chi connectivity index (χ2v) is 9.25. The summed E-state index contributed by atoms with van der Waals surface area (Å²) >= 11 is 0. The van der Waals surface area contributed by atoms with E-state index >= 15 is 0 Å². The summed E-state index contributed by atoms with van der Waals surface area (Å²) in [6, 6.07) is 21.0. The molecule has 0 aromatic heterocycles. The van der Waals surface area contributed by atoms with Crippen molar-refractivity contribution in [3.05, 3.63) is 101 Å². The number of ketones is 2.